The van der Waals surface area contributed by atoms with E-state index in [-0.39, 0.29) is 24.5 Å². The van der Waals surface area contributed by atoms with Crippen LogP contribution in [0.2, 0.25) is 0 Å². The molecular weight excluding hydrogens is 475 g/mol. The quantitative estimate of drug-likeness (QED) is 0.531. The van der Waals surface area contributed by atoms with Crippen molar-refractivity contribution in [1.29, 1.82) is 0 Å². The topological polar surface area (TPSA) is 101 Å². The van der Waals surface area contributed by atoms with E-state index < -0.39 is 24.0 Å². The Morgan fingerprint density at radius 3 is 2.58 bits per heavy atom. The number of nitrogen functional groups attached to an aromatic ring is 1. The van der Waals surface area contributed by atoms with E-state index in [1.807, 2.05) is 40.1 Å². The number of hydrogen-bond donors (Lipinski definition) is 1. The average molecular weight is 499 g/mol. The number of nitrogens with zero attached hydrogens (tertiary/aromatic N) is 6. The minimum absolute atomic E-state index is 0.0865. The summed E-state index contributed by atoms with van der Waals surface area (Å²) >= 11 is 0. The Bertz CT molecular complexity index is 1230. The first-order valence-corrected chi connectivity index (χ1v) is 11.4. The number of anilines is 4. The number of para-hydroxylation sites is 1. The highest BCUT2D eigenvalue weighted by atomic mass is 19.4. The average Bonchev–Trinajstić information content (AvgIpc) is 3.33. The van der Waals surface area contributed by atoms with Crippen molar-refractivity contribution in [3.05, 3.63) is 66.0 Å². The lowest BCUT2D eigenvalue weighted by atomic mass is 10.0. The lowest BCUT2D eigenvalue weighted by Gasteiger charge is -2.34. The second kappa shape index (κ2) is 9.61. The van der Waals surface area contributed by atoms with Crippen molar-refractivity contribution in [3.8, 4) is 0 Å². The van der Waals surface area contributed by atoms with E-state index in [4.69, 9.17) is 10.5 Å². The van der Waals surface area contributed by atoms with Gasteiger partial charge in [-0.25, -0.2) is 9.97 Å². The number of halogens is 3. The molecule has 0 radical (unpaired) electrons. The number of aldehydes is 1. The van der Waals surface area contributed by atoms with Crippen LogP contribution in [-0.4, -0.2) is 60.2 Å². The minimum atomic E-state index is -4.60. The van der Waals surface area contributed by atoms with Crippen LogP contribution in [-0.2, 0) is 15.7 Å². The number of nitrogens with two attached hydrogens (primary N) is 1. The van der Waals surface area contributed by atoms with Crippen molar-refractivity contribution in [2.24, 2.45) is 0 Å². The number of hydrogen-bond acceptors (Lipinski definition) is 9. The minimum Gasteiger partial charge on any atom is -0.384 e. The van der Waals surface area contributed by atoms with Gasteiger partial charge >= 0.3 is 6.18 Å². The second-order valence-corrected chi connectivity index (χ2v) is 8.49. The summed E-state index contributed by atoms with van der Waals surface area (Å²) in [4.78, 5) is 30.5. The zero-order valence-corrected chi connectivity index (χ0v) is 19.2. The van der Waals surface area contributed by atoms with Gasteiger partial charge in [0.15, 0.2) is 12.5 Å². The number of rotatable bonds is 5. The molecule has 5 rings (SSSR count). The number of aromatic nitrogens is 3. The molecule has 2 saturated heterocycles. The van der Waals surface area contributed by atoms with Gasteiger partial charge in [-0.1, -0.05) is 18.2 Å². The number of morpholine rings is 1. The van der Waals surface area contributed by atoms with Crippen molar-refractivity contribution < 1.29 is 22.7 Å². The summed E-state index contributed by atoms with van der Waals surface area (Å²) in [7, 11) is 0. The maximum Gasteiger partial charge on any atom is 0.416 e. The van der Waals surface area contributed by atoms with Crippen molar-refractivity contribution >= 4 is 29.6 Å². The first-order valence-electron chi connectivity index (χ1n) is 11.4. The van der Waals surface area contributed by atoms with Gasteiger partial charge in [-0.15, -0.1) is 0 Å². The Morgan fingerprint density at radius 2 is 1.83 bits per heavy atom. The lowest BCUT2D eigenvalue weighted by molar-refractivity contribution is -0.139. The van der Waals surface area contributed by atoms with Crippen LogP contribution in [0.5, 0.6) is 0 Å². The first-order chi connectivity index (χ1) is 17.3. The highest BCUT2D eigenvalue weighted by Gasteiger charge is 2.38. The molecule has 36 heavy (non-hydrogen) atoms. The van der Waals surface area contributed by atoms with E-state index in [9.17, 15) is 18.0 Å². The van der Waals surface area contributed by atoms with E-state index >= 15 is 0 Å². The first kappa shape index (κ1) is 23.8. The summed E-state index contributed by atoms with van der Waals surface area (Å²) in [6, 6.07) is 12.2. The fourth-order valence-corrected chi connectivity index (χ4v) is 4.60. The van der Waals surface area contributed by atoms with Crippen LogP contribution in [0.4, 0.5) is 36.4 Å². The predicted molar refractivity (Wildman–Crippen MR) is 128 cm³/mol. The molecule has 4 heterocycles. The van der Waals surface area contributed by atoms with Gasteiger partial charge in [0.2, 0.25) is 5.95 Å². The van der Waals surface area contributed by atoms with Gasteiger partial charge in [-0.2, -0.15) is 18.2 Å². The van der Waals surface area contributed by atoms with Gasteiger partial charge in [-0.05, 0) is 24.3 Å². The molecule has 188 valence electrons. The van der Waals surface area contributed by atoms with Gasteiger partial charge in [-0.3, -0.25) is 4.79 Å². The van der Waals surface area contributed by atoms with Crippen LogP contribution in [0.3, 0.4) is 0 Å². The second-order valence-electron chi connectivity index (χ2n) is 8.49. The van der Waals surface area contributed by atoms with Crippen LogP contribution in [0.15, 0.2) is 54.9 Å². The highest BCUT2D eigenvalue weighted by molar-refractivity contribution is 5.73. The predicted octanol–water partition coefficient (Wildman–Crippen LogP) is 2.90. The molecule has 9 nitrogen and oxygen atoms in total. The van der Waals surface area contributed by atoms with Crippen LogP contribution < -0.4 is 20.4 Å². The summed E-state index contributed by atoms with van der Waals surface area (Å²) in [5, 5.41) is 0. The standard InChI is InChI=1S/C24H24F3N7O2/c25-24(26,27)18-12-20(28)30-13-17(18)19-14-32(10-11-36-19)23-29-7-6-21(31-23)34-9-8-33(22(34)15-35)16-4-2-1-3-5-16/h1-7,12-13,15,19,22H,8-11,14H2,(H2,28,30). The number of ether oxygens (including phenoxy) is 1. The molecule has 0 spiro atoms. The zero-order valence-electron chi connectivity index (χ0n) is 19.2. The maximum atomic E-state index is 13.6. The Kier molecular flexibility index (Phi) is 6.35. The number of benzene rings is 1. The van der Waals surface area contributed by atoms with E-state index in [0.29, 0.717) is 31.4 Å². The third kappa shape index (κ3) is 4.63. The lowest BCUT2D eigenvalue weighted by Crippen LogP contribution is -2.42. The molecule has 12 heteroatoms. The molecule has 2 aliphatic heterocycles. The summed E-state index contributed by atoms with van der Waals surface area (Å²) < 4.78 is 46.6. The molecule has 0 bridgehead atoms. The summed E-state index contributed by atoms with van der Waals surface area (Å²) in [5.74, 6) is 0.693. The van der Waals surface area contributed by atoms with Crippen molar-refractivity contribution in [2.45, 2.75) is 18.4 Å². The fraction of sp³-hybridized carbons (Fsp3) is 0.333. The number of carbonyl (C=O) groups excluding carboxylic acids is 1. The molecule has 0 aliphatic carbocycles. The van der Waals surface area contributed by atoms with Crippen molar-refractivity contribution in [2.75, 3.05) is 53.2 Å². The SMILES string of the molecule is Nc1cc(C(F)(F)F)c(C2CN(c3nccc(N4CCN(c5ccccc5)C4C=O)n3)CCO2)cn1. The van der Waals surface area contributed by atoms with Gasteiger partial charge < -0.3 is 25.2 Å². The van der Waals surface area contributed by atoms with Crippen LogP contribution >= 0.6 is 0 Å². The summed E-state index contributed by atoms with van der Waals surface area (Å²) in [6.07, 6.45) is -2.46. The van der Waals surface area contributed by atoms with Gasteiger partial charge in [0.1, 0.15) is 17.7 Å². The molecule has 3 aromatic rings. The monoisotopic (exact) mass is 499 g/mol. The molecule has 2 unspecified atom stereocenters. The highest BCUT2D eigenvalue weighted by Crippen LogP contribution is 2.37. The fourth-order valence-electron chi connectivity index (χ4n) is 4.60. The molecule has 2 N–H and O–H groups in total. The van der Waals surface area contributed by atoms with E-state index in [1.54, 1.807) is 17.2 Å². The van der Waals surface area contributed by atoms with Gasteiger partial charge in [0.05, 0.1) is 18.7 Å². The Balaban J connectivity index is 1.38. The molecule has 1 aromatic carbocycles. The molecule has 2 fully saturated rings. The summed E-state index contributed by atoms with van der Waals surface area (Å²) in [5.41, 5.74) is 5.48. The van der Waals surface area contributed by atoms with Crippen LogP contribution in [0.25, 0.3) is 0 Å². The largest absolute Gasteiger partial charge is 0.416 e. The maximum absolute atomic E-state index is 13.6. The Hall–Kier alpha value is -3.93. The smallest absolute Gasteiger partial charge is 0.384 e. The van der Waals surface area contributed by atoms with Crippen molar-refractivity contribution in [3.63, 3.8) is 0 Å². The summed E-state index contributed by atoms with van der Waals surface area (Å²) in [6.45, 7) is 1.90. The zero-order chi connectivity index (χ0) is 25.3. The van der Waals surface area contributed by atoms with E-state index in [2.05, 4.69) is 15.0 Å². The molecular formula is C24H24F3N7O2. The normalized spacial score (nSPS) is 20.6. The molecule has 2 atom stereocenters. The molecule has 0 amide bonds. The Morgan fingerprint density at radius 1 is 1.06 bits per heavy atom. The van der Waals surface area contributed by atoms with Crippen molar-refractivity contribution in [1.82, 2.24) is 15.0 Å². The van der Waals surface area contributed by atoms with Crippen LogP contribution in [0.1, 0.15) is 17.2 Å². The number of carbonyl (C=O) groups is 1. The Labute approximate surface area is 205 Å². The van der Waals surface area contributed by atoms with Gasteiger partial charge in [0.25, 0.3) is 0 Å². The third-order valence-electron chi connectivity index (χ3n) is 6.31. The van der Waals surface area contributed by atoms with E-state index in [1.165, 1.54) is 0 Å². The number of pyridine rings is 1. The number of alkyl halides is 3. The van der Waals surface area contributed by atoms with Crippen LogP contribution in [0, 0.1) is 0 Å². The third-order valence-corrected chi connectivity index (χ3v) is 6.31. The molecule has 2 aromatic heterocycles. The molecule has 0 saturated carbocycles. The van der Waals surface area contributed by atoms with E-state index in [0.717, 1.165) is 24.2 Å². The molecule has 2 aliphatic rings. The van der Waals surface area contributed by atoms with Gasteiger partial charge in [0, 0.05) is 43.3 Å².